The SMILES string of the molecule is COC(=O)c1c(F)ccc([N+](=O)[O-])c1NC1CC1. The molecular formula is C11H11FN2O4. The van der Waals surface area contributed by atoms with Gasteiger partial charge < -0.3 is 10.1 Å². The van der Waals surface area contributed by atoms with E-state index in [-0.39, 0.29) is 17.4 Å². The van der Waals surface area contributed by atoms with Crippen LogP contribution in [0.5, 0.6) is 0 Å². The monoisotopic (exact) mass is 254 g/mol. The van der Waals surface area contributed by atoms with E-state index in [1.807, 2.05) is 0 Å². The first-order valence-corrected chi connectivity index (χ1v) is 5.36. The van der Waals surface area contributed by atoms with Crippen molar-refractivity contribution in [3.63, 3.8) is 0 Å². The van der Waals surface area contributed by atoms with Crippen molar-refractivity contribution in [2.45, 2.75) is 18.9 Å². The average Bonchev–Trinajstić information content (AvgIpc) is 3.12. The van der Waals surface area contributed by atoms with Crippen molar-refractivity contribution >= 4 is 17.3 Å². The van der Waals surface area contributed by atoms with E-state index in [1.54, 1.807) is 0 Å². The quantitative estimate of drug-likeness (QED) is 0.505. The Morgan fingerprint density at radius 1 is 1.56 bits per heavy atom. The van der Waals surface area contributed by atoms with Crippen LogP contribution < -0.4 is 5.32 Å². The summed E-state index contributed by atoms with van der Waals surface area (Å²) in [6.45, 7) is 0. The fraction of sp³-hybridized carbons (Fsp3) is 0.364. The van der Waals surface area contributed by atoms with Gasteiger partial charge in [-0.1, -0.05) is 0 Å². The number of carbonyl (C=O) groups excluding carboxylic acids is 1. The van der Waals surface area contributed by atoms with Crippen LogP contribution in [0.25, 0.3) is 0 Å². The summed E-state index contributed by atoms with van der Waals surface area (Å²) in [5, 5.41) is 13.7. The van der Waals surface area contributed by atoms with Gasteiger partial charge in [0.2, 0.25) is 0 Å². The number of benzene rings is 1. The number of hydrogen-bond donors (Lipinski definition) is 1. The molecule has 0 amide bonds. The van der Waals surface area contributed by atoms with Crippen molar-refractivity contribution < 1.29 is 18.8 Å². The van der Waals surface area contributed by atoms with Gasteiger partial charge in [0, 0.05) is 12.1 Å². The molecule has 1 aliphatic rings. The van der Waals surface area contributed by atoms with Crippen LogP contribution in [0, 0.1) is 15.9 Å². The molecule has 1 aliphatic carbocycles. The molecule has 1 aromatic rings. The van der Waals surface area contributed by atoms with Gasteiger partial charge in [-0.2, -0.15) is 0 Å². The maximum atomic E-state index is 13.6. The van der Waals surface area contributed by atoms with E-state index in [9.17, 15) is 19.3 Å². The van der Waals surface area contributed by atoms with Crippen molar-refractivity contribution in [1.29, 1.82) is 0 Å². The normalized spacial score (nSPS) is 14.1. The lowest BCUT2D eigenvalue weighted by molar-refractivity contribution is -0.384. The molecule has 2 rings (SSSR count). The predicted octanol–water partition coefficient (Wildman–Crippen LogP) is 2.09. The summed E-state index contributed by atoms with van der Waals surface area (Å²) in [5.74, 6) is -1.77. The van der Waals surface area contributed by atoms with Crippen LogP contribution in [-0.2, 0) is 4.74 Å². The minimum Gasteiger partial charge on any atom is -0.465 e. The van der Waals surface area contributed by atoms with Crippen molar-refractivity contribution in [3.8, 4) is 0 Å². The number of methoxy groups -OCH3 is 1. The fourth-order valence-electron chi connectivity index (χ4n) is 1.60. The summed E-state index contributed by atoms with van der Waals surface area (Å²) in [5.41, 5.74) is -0.850. The van der Waals surface area contributed by atoms with E-state index in [4.69, 9.17) is 0 Å². The maximum absolute atomic E-state index is 13.6. The van der Waals surface area contributed by atoms with Crippen molar-refractivity contribution in [3.05, 3.63) is 33.6 Å². The van der Waals surface area contributed by atoms with Gasteiger partial charge >= 0.3 is 5.97 Å². The number of nitrogens with zero attached hydrogens (tertiary/aromatic N) is 1. The lowest BCUT2D eigenvalue weighted by Crippen LogP contribution is -2.13. The zero-order valence-electron chi connectivity index (χ0n) is 9.60. The third-order valence-electron chi connectivity index (χ3n) is 2.64. The molecule has 96 valence electrons. The van der Waals surface area contributed by atoms with Crippen molar-refractivity contribution in [2.75, 3.05) is 12.4 Å². The number of anilines is 1. The number of hydrogen-bond acceptors (Lipinski definition) is 5. The number of nitrogens with one attached hydrogen (secondary N) is 1. The summed E-state index contributed by atoms with van der Waals surface area (Å²) in [6.07, 6.45) is 1.68. The molecule has 1 N–H and O–H groups in total. The molecule has 0 atom stereocenters. The summed E-state index contributed by atoms with van der Waals surface area (Å²) in [4.78, 5) is 21.7. The largest absolute Gasteiger partial charge is 0.465 e. The Labute approximate surface area is 102 Å². The summed E-state index contributed by atoms with van der Waals surface area (Å²) in [6, 6.07) is 1.98. The van der Waals surface area contributed by atoms with Gasteiger partial charge in [-0.3, -0.25) is 10.1 Å². The molecule has 1 fully saturated rings. The summed E-state index contributed by atoms with van der Waals surface area (Å²) < 4.78 is 18.1. The number of nitro benzene ring substituents is 1. The molecule has 0 aliphatic heterocycles. The molecule has 0 saturated heterocycles. The highest BCUT2D eigenvalue weighted by atomic mass is 19.1. The first-order chi connectivity index (χ1) is 8.54. The third kappa shape index (κ3) is 2.24. The lowest BCUT2D eigenvalue weighted by Gasteiger charge is -2.11. The molecule has 0 aromatic heterocycles. The Bertz CT molecular complexity index is 514. The highest BCUT2D eigenvalue weighted by Crippen LogP contribution is 2.35. The molecule has 1 aromatic carbocycles. The molecule has 0 bridgehead atoms. The topological polar surface area (TPSA) is 81.5 Å². The van der Waals surface area contributed by atoms with E-state index >= 15 is 0 Å². The van der Waals surface area contributed by atoms with Crippen LogP contribution in [0.15, 0.2) is 12.1 Å². The second-order valence-corrected chi connectivity index (χ2v) is 3.98. The predicted molar refractivity (Wildman–Crippen MR) is 61.0 cm³/mol. The van der Waals surface area contributed by atoms with Gasteiger partial charge in [0.05, 0.1) is 12.0 Å². The molecular weight excluding hydrogens is 243 g/mol. The van der Waals surface area contributed by atoms with Crippen LogP contribution in [0.4, 0.5) is 15.8 Å². The van der Waals surface area contributed by atoms with Gasteiger partial charge in [0.1, 0.15) is 17.1 Å². The van der Waals surface area contributed by atoms with Gasteiger partial charge in [-0.15, -0.1) is 0 Å². The van der Waals surface area contributed by atoms with E-state index in [1.165, 1.54) is 0 Å². The number of carbonyl (C=O) groups is 1. The van der Waals surface area contributed by atoms with Crippen LogP contribution >= 0.6 is 0 Å². The molecule has 0 spiro atoms. The highest BCUT2D eigenvalue weighted by Gasteiger charge is 2.31. The Balaban J connectivity index is 2.55. The van der Waals surface area contributed by atoms with E-state index in [2.05, 4.69) is 10.1 Å². The van der Waals surface area contributed by atoms with E-state index < -0.39 is 22.3 Å². The molecule has 0 radical (unpaired) electrons. The molecule has 7 heteroatoms. The number of nitro groups is 1. The molecule has 6 nitrogen and oxygen atoms in total. The standard InChI is InChI=1S/C11H11FN2O4/c1-18-11(15)9-7(12)4-5-8(14(16)17)10(9)13-6-2-3-6/h4-6,13H,2-3H2,1H3. The van der Waals surface area contributed by atoms with Gasteiger partial charge in [-0.05, 0) is 18.9 Å². The van der Waals surface area contributed by atoms with E-state index in [0.717, 1.165) is 32.1 Å². The number of ether oxygens (including phenoxy) is 1. The third-order valence-corrected chi connectivity index (χ3v) is 2.64. The minimum atomic E-state index is -0.931. The second kappa shape index (κ2) is 4.59. The van der Waals surface area contributed by atoms with Crippen LogP contribution in [0.2, 0.25) is 0 Å². The Morgan fingerprint density at radius 2 is 2.22 bits per heavy atom. The smallest absolute Gasteiger partial charge is 0.343 e. The number of esters is 1. The minimum absolute atomic E-state index is 0.0499. The Morgan fingerprint density at radius 3 is 2.72 bits per heavy atom. The maximum Gasteiger partial charge on any atom is 0.343 e. The van der Waals surface area contributed by atoms with Crippen molar-refractivity contribution in [2.24, 2.45) is 0 Å². The van der Waals surface area contributed by atoms with E-state index in [0.29, 0.717) is 0 Å². The molecule has 18 heavy (non-hydrogen) atoms. The van der Waals surface area contributed by atoms with Crippen LogP contribution in [-0.4, -0.2) is 24.0 Å². The zero-order chi connectivity index (χ0) is 13.3. The summed E-state index contributed by atoms with van der Waals surface area (Å²) in [7, 11) is 1.10. The zero-order valence-corrected chi connectivity index (χ0v) is 9.60. The molecule has 1 saturated carbocycles. The van der Waals surface area contributed by atoms with Crippen LogP contribution in [0.1, 0.15) is 23.2 Å². The van der Waals surface area contributed by atoms with Gasteiger partial charge in [-0.25, -0.2) is 9.18 Å². The Kier molecular flexibility index (Phi) is 3.14. The summed E-state index contributed by atoms with van der Waals surface area (Å²) >= 11 is 0. The van der Waals surface area contributed by atoms with Gasteiger partial charge in [0.25, 0.3) is 5.69 Å². The average molecular weight is 254 g/mol. The van der Waals surface area contributed by atoms with Crippen LogP contribution in [0.3, 0.4) is 0 Å². The first-order valence-electron chi connectivity index (χ1n) is 5.36. The number of halogens is 1. The van der Waals surface area contributed by atoms with Gasteiger partial charge in [0.15, 0.2) is 0 Å². The first kappa shape index (κ1) is 12.3. The Hall–Kier alpha value is -2.18. The lowest BCUT2D eigenvalue weighted by atomic mass is 10.1. The molecule has 0 unspecified atom stereocenters. The molecule has 0 heterocycles. The highest BCUT2D eigenvalue weighted by molar-refractivity contribution is 5.98. The number of rotatable bonds is 4. The van der Waals surface area contributed by atoms with Crippen molar-refractivity contribution in [1.82, 2.24) is 0 Å². The second-order valence-electron chi connectivity index (χ2n) is 3.98. The fourth-order valence-corrected chi connectivity index (χ4v) is 1.60.